The Balaban J connectivity index is 2.41. The van der Waals surface area contributed by atoms with Gasteiger partial charge in [0.1, 0.15) is 6.10 Å². The predicted octanol–water partition coefficient (Wildman–Crippen LogP) is 5.82. The molecule has 0 amide bonds. The monoisotopic (exact) mass is 388 g/mol. The molecule has 4 nitrogen and oxygen atoms in total. The molecule has 1 heterocycles. The van der Waals surface area contributed by atoms with E-state index in [1.54, 1.807) is 0 Å². The van der Waals surface area contributed by atoms with Crippen LogP contribution in [-0.4, -0.2) is 31.1 Å². The minimum Gasteiger partial charge on any atom is -0.469 e. The van der Waals surface area contributed by atoms with Gasteiger partial charge in [-0.2, -0.15) is 0 Å². The number of carbonyl (C=O) groups excluding carboxylic acids is 1. The van der Waals surface area contributed by atoms with Crippen molar-refractivity contribution in [3.8, 4) is 0 Å². The van der Waals surface area contributed by atoms with Crippen LogP contribution in [0.15, 0.2) is 60.8 Å². The quantitative estimate of drug-likeness (QED) is 0.183. The summed E-state index contributed by atoms with van der Waals surface area (Å²) in [7, 11) is 1.42. The molecule has 0 N–H and O–H groups in total. The van der Waals surface area contributed by atoms with E-state index in [0.717, 1.165) is 32.1 Å². The van der Waals surface area contributed by atoms with E-state index >= 15 is 0 Å². The van der Waals surface area contributed by atoms with Crippen LogP contribution in [0.3, 0.4) is 0 Å². The number of allylic oxidation sites excluding steroid dienone is 8. The maximum absolute atomic E-state index is 11.1. The van der Waals surface area contributed by atoms with Gasteiger partial charge in [0, 0.05) is 6.42 Å². The smallest absolute Gasteiger partial charge is 0.305 e. The van der Waals surface area contributed by atoms with Crippen LogP contribution in [0.4, 0.5) is 0 Å². The van der Waals surface area contributed by atoms with Gasteiger partial charge in [0.15, 0.2) is 5.79 Å². The van der Waals surface area contributed by atoms with Crippen molar-refractivity contribution in [1.29, 1.82) is 0 Å². The zero-order chi connectivity index (χ0) is 20.7. The van der Waals surface area contributed by atoms with Crippen molar-refractivity contribution in [3.63, 3.8) is 0 Å². The zero-order valence-electron chi connectivity index (χ0n) is 17.8. The minimum absolute atomic E-state index is 0.00812. The third kappa shape index (κ3) is 11.1. The largest absolute Gasteiger partial charge is 0.469 e. The van der Waals surface area contributed by atoms with E-state index in [1.165, 1.54) is 7.11 Å². The van der Waals surface area contributed by atoms with Crippen LogP contribution in [0.25, 0.3) is 0 Å². The second-order valence-electron chi connectivity index (χ2n) is 7.13. The average Bonchev–Trinajstić information content (AvgIpc) is 2.96. The summed E-state index contributed by atoms with van der Waals surface area (Å²) in [6, 6.07) is 0. The lowest BCUT2D eigenvalue weighted by atomic mass is 10.1. The zero-order valence-corrected chi connectivity index (χ0v) is 17.8. The first-order valence-corrected chi connectivity index (χ1v) is 10.2. The highest BCUT2D eigenvalue weighted by atomic mass is 16.7. The molecule has 0 aliphatic carbocycles. The summed E-state index contributed by atoms with van der Waals surface area (Å²) in [5, 5.41) is 0. The van der Waals surface area contributed by atoms with Crippen molar-refractivity contribution in [2.24, 2.45) is 0 Å². The summed E-state index contributed by atoms with van der Waals surface area (Å²) < 4.78 is 16.6. The average molecular weight is 389 g/mol. The van der Waals surface area contributed by atoms with E-state index in [9.17, 15) is 4.79 Å². The van der Waals surface area contributed by atoms with E-state index < -0.39 is 5.79 Å². The molecule has 0 aromatic carbocycles. The standard InChI is InChI=1S/C24H36O4/c1-5-6-7-8-9-10-11-12-15-18-21-22(28-24(2,3)27-21)19-16-13-14-17-20-23(25)26-4/h6-7,9-13,15-16,18,21-22H,5,8,14,17,19-20H2,1-4H3/b7-6-,10-9+,12-11+,16-13-,18-15-/t21-,22+/m1/s1. The van der Waals surface area contributed by atoms with Crippen LogP contribution in [0.2, 0.25) is 0 Å². The van der Waals surface area contributed by atoms with E-state index in [4.69, 9.17) is 9.47 Å². The van der Waals surface area contributed by atoms with Gasteiger partial charge in [-0.25, -0.2) is 0 Å². The highest BCUT2D eigenvalue weighted by molar-refractivity contribution is 5.69. The molecule has 2 atom stereocenters. The summed E-state index contributed by atoms with van der Waals surface area (Å²) in [6.45, 7) is 6.02. The number of rotatable bonds is 12. The lowest BCUT2D eigenvalue weighted by Crippen LogP contribution is -2.21. The first-order chi connectivity index (χ1) is 13.5. The number of methoxy groups -OCH3 is 1. The highest BCUT2D eigenvalue weighted by Gasteiger charge is 2.38. The van der Waals surface area contributed by atoms with Crippen LogP contribution >= 0.6 is 0 Å². The van der Waals surface area contributed by atoms with Crippen LogP contribution in [-0.2, 0) is 19.0 Å². The molecular formula is C24H36O4. The van der Waals surface area contributed by atoms with Gasteiger partial charge in [0.05, 0.1) is 13.2 Å². The van der Waals surface area contributed by atoms with Gasteiger partial charge in [-0.1, -0.05) is 67.7 Å². The molecule has 0 unspecified atom stereocenters. The number of hydrogen-bond acceptors (Lipinski definition) is 4. The third-order valence-corrected chi connectivity index (χ3v) is 4.18. The molecule has 156 valence electrons. The number of carbonyl (C=O) groups is 1. The van der Waals surface area contributed by atoms with E-state index in [-0.39, 0.29) is 18.2 Å². The Morgan fingerprint density at radius 3 is 2.54 bits per heavy atom. The molecule has 1 fully saturated rings. The van der Waals surface area contributed by atoms with Gasteiger partial charge < -0.3 is 14.2 Å². The van der Waals surface area contributed by atoms with Gasteiger partial charge in [-0.3, -0.25) is 4.79 Å². The SMILES string of the molecule is CC/C=C\C/C=C/C=C/C=C\[C@H]1OC(C)(C)O[C@H]1C/C=C\CCCC(=O)OC. The molecule has 28 heavy (non-hydrogen) atoms. The Morgan fingerprint density at radius 2 is 1.79 bits per heavy atom. The molecule has 1 saturated heterocycles. The fourth-order valence-corrected chi connectivity index (χ4v) is 2.82. The van der Waals surface area contributed by atoms with Gasteiger partial charge in [0.25, 0.3) is 0 Å². The van der Waals surface area contributed by atoms with Crippen molar-refractivity contribution in [2.75, 3.05) is 7.11 Å². The maximum atomic E-state index is 11.1. The molecule has 4 heteroatoms. The predicted molar refractivity (Wildman–Crippen MR) is 115 cm³/mol. The molecule has 0 spiro atoms. The van der Waals surface area contributed by atoms with E-state index in [0.29, 0.717) is 6.42 Å². The molecule has 1 aliphatic heterocycles. The first kappa shape index (κ1) is 24.1. The van der Waals surface area contributed by atoms with Gasteiger partial charge in [-0.05, 0) is 46.0 Å². The summed E-state index contributed by atoms with van der Waals surface area (Å²) in [4.78, 5) is 11.1. The van der Waals surface area contributed by atoms with Crippen LogP contribution in [0, 0.1) is 0 Å². The molecular weight excluding hydrogens is 352 g/mol. The molecule has 0 radical (unpaired) electrons. The number of esters is 1. The molecule has 0 aromatic heterocycles. The normalized spacial score (nSPS) is 22.6. The highest BCUT2D eigenvalue weighted by Crippen LogP contribution is 2.30. The lowest BCUT2D eigenvalue weighted by Gasteiger charge is -2.16. The van der Waals surface area contributed by atoms with Gasteiger partial charge in [0.2, 0.25) is 0 Å². The Bertz CT molecular complexity index is 581. The van der Waals surface area contributed by atoms with E-state index in [2.05, 4.69) is 48.1 Å². The number of unbranched alkanes of at least 4 members (excludes halogenated alkanes) is 1. The van der Waals surface area contributed by atoms with Crippen molar-refractivity contribution in [3.05, 3.63) is 60.8 Å². The molecule has 0 aromatic rings. The summed E-state index contributed by atoms with van der Waals surface area (Å²) >= 11 is 0. The van der Waals surface area contributed by atoms with Crippen LogP contribution < -0.4 is 0 Å². The van der Waals surface area contributed by atoms with Gasteiger partial charge in [-0.15, -0.1) is 0 Å². The number of hydrogen-bond donors (Lipinski definition) is 0. The second kappa shape index (κ2) is 14.1. The second-order valence-corrected chi connectivity index (χ2v) is 7.13. The maximum Gasteiger partial charge on any atom is 0.305 e. The van der Waals surface area contributed by atoms with Gasteiger partial charge >= 0.3 is 5.97 Å². The molecule has 1 aliphatic rings. The fraction of sp³-hybridized carbons (Fsp3) is 0.542. The topological polar surface area (TPSA) is 44.8 Å². The lowest BCUT2D eigenvalue weighted by molar-refractivity contribution is -0.142. The van der Waals surface area contributed by atoms with E-state index in [1.807, 2.05) is 38.2 Å². The summed E-state index contributed by atoms with van der Waals surface area (Å²) in [5.74, 6) is -0.735. The van der Waals surface area contributed by atoms with Crippen LogP contribution in [0.1, 0.15) is 59.3 Å². The number of ether oxygens (including phenoxy) is 3. The van der Waals surface area contributed by atoms with Crippen LogP contribution in [0.5, 0.6) is 0 Å². The van der Waals surface area contributed by atoms with Crippen molar-refractivity contribution in [1.82, 2.24) is 0 Å². The Kier molecular flexibility index (Phi) is 12.2. The molecule has 1 rings (SSSR count). The Morgan fingerprint density at radius 1 is 1.00 bits per heavy atom. The third-order valence-electron chi connectivity index (χ3n) is 4.18. The Hall–Kier alpha value is -1.91. The van der Waals surface area contributed by atoms with Crippen molar-refractivity contribution >= 4 is 5.97 Å². The fourth-order valence-electron chi connectivity index (χ4n) is 2.82. The molecule has 0 bridgehead atoms. The minimum atomic E-state index is -0.576. The van der Waals surface area contributed by atoms with Crippen molar-refractivity contribution < 1.29 is 19.0 Å². The summed E-state index contributed by atoms with van der Waals surface area (Å²) in [5.41, 5.74) is 0. The van der Waals surface area contributed by atoms with Crippen molar-refractivity contribution in [2.45, 2.75) is 77.3 Å². The summed E-state index contributed by atoms with van der Waals surface area (Å²) in [6.07, 6.45) is 25.7. The molecule has 0 saturated carbocycles. The Labute approximate surface area is 170 Å². The first-order valence-electron chi connectivity index (χ1n) is 10.2.